The summed E-state index contributed by atoms with van der Waals surface area (Å²) < 4.78 is 5.42. The molecule has 0 bridgehead atoms. The van der Waals surface area contributed by atoms with Crippen LogP contribution in [0.1, 0.15) is 0 Å². The van der Waals surface area contributed by atoms with Crippen LogP contribution < -0.4 is 0 Å². The van der Waals surface area contributed by atoms with Crippen molar-refractivity contribution in [3.05, 3.63) is 158 Å². The summed E-state index contributed by atoms with van der Waals surface area (Å²) in [6.45, 7) is 0. The van der Waals surface area contributed by atoms with Crippen molar-refractivity contribution in [2.45, 2.75) is 0 Å². The van der Waals surface area contributed by atoms with Crippen LogP contribution in [0.15, 0.2) is 158 Å². The van der Waals surface area contributed by atoms with Gasteiger partial charge in [0.25, 0.3) is 0 Å². The van der Waals surface area contributed by atoms with E-state index in [1.165, 1.54) is 106 Å². The minimum Gasteiger partial charge on any atom is -0.135 e. The third kappa shape index (κ3) is 3.76. The van der Waals surface area contributed by atoms with E-state index in [2.05, 4.69) is 158 Å². The molecule has 0 saturated carbocycles. The molecule has 2 heterocycles. The van der Waals surface area contributed by atoms with Gasteiger partial charge in [-0.15, -0.1) is 22.7 Å². The summed E-state index contributed by atoms with van der Waals surface area (Å²) in [6.07, 6.45) is 0. The van der Waals surface area contributed by atoms with E-state index in [0.29, 0.717) is 0 Å². The van der Waals surface area contributed by atoms with E-state index in [9.17, 15) is 0 Å². The first-order chi connectivity index (χ1) is 23.8. The van der Waals surface area contributed by atoms with Crippen LogP contribution in [0.2, 0.25) is 0 Å². The van der Waals surface area contributed by atoms with Gasteiger partial charge in [0.15, 0.2) is 0 Å². The van der Waals surface area contributed by atoms with Gasteiger partial charge in [-0.1, -0.05) is 121 Å². The predicted octanol–water partition coefficient (Wildman–Crippen LogP) is 14.4. The Morgan fingerprint density at radius 1 is 0.271 bits per heavy atom. The van der Waals surface area contributed by atoms with Gasteiger partial charge in [-0.3, -0.25) is 0 Å². The number of rotatable bonds is 2. The minimum atomic E-state index is 1.26. The highest BCUT2D eigenvalue weighted by atomic mass is 32.1. The predicted molar refractivity (Wildman–Crippen MR) is 213 cm³/mol. The van der Waals surface area contributed by atoms with Crippen LogP contribution in [-0.4, -0.2) is 0 Å². The topological polar surface area (TPSA) is 0 Å². The molecule has 2 aromatic heterocycles. The number of fused-ring (bicyclic) bond motifs is 11. The molecule has 11 rings (SSSR count). The summed E-state index contributed by atoms with van der Waals surface area (Å²) in [6, 6.07) is 58.9. The second kappa shape index (κ2) is 9.98. The largest absolute Gasteiger partial charge is 0.135 e. The molecule has 0 atom stereocenters. The molecule has 0 nitrogen and oxygen atoms in total. The number of thiophene rings is 2. The Bertz CT molecular complexity index is 3060. The Morgan fingerprint density at radius 2 is 0.833 bits per heavy atom. The fourth-order valence-electron chi connectivity index (χ4n) is 8.03. The van der Waals surface area contributed by atoms with E-state index in [1.807, 2.05) is 22.7 Å². The van der Waals surface area contributed by atoms with Crippen molar-refractivity contribution in [3.63, 3.8) is 0 Å². The van der Waals surface area contributed by atoms with Gasteiger partial charge in [-0.25, -0.2) is 0 Å². The first-order valence-corrected chi connectivity index (χ1v) is 18.1. The van der Waals surface area contributed by atoms with Crippen molar-refractivity contribution in [3.8, 4) is 22.3 Å². The van der Waals surface area contributed by atoms with E-state index in [4.69, 9.17) is 0 Å². The Morgan fingerprint density at radius 3 is 1.58 bits per heavy atom. The molecule has 0 aliphatic heterocycles. The van der Waals surface area contributed by atoms with Crippen molar-refractivity contribution in [2.24, 2.45) is 0 Å². The second-order valence-electron chi connectivity index (χ2n) is 12.8. The van der Waals surface area contributed by atoms with E-state index in [1.54, 1.807) is 0 Å². The van der Waals surface area contributed by atoms with Gasteiger partial charge in [0, 0.05) is 45.7 Å². The summed E-state index contributed by atoms with van der Waals surface area (Å²) in [5.41, 5.74) is 5.13. The molecule has 0 unspecified atom stereocenters. The van der Waals surface area contributed by atoms with Gasteiger partial charge in [-0.2, -0.15) is 0 Å². The summed E-state index contributed by atoms with van der Waals surface area (Å²) in [4.78, 5) is 0. The molecule has 0 N–H and O–H groups in total. The molecule has 0 fully saturated rings. The van der Waals surface area contributed by atoms with Crippen molar-refractivity contribution in [1.82, 2.24) is 0 Å². The molecular weight excluding hydrogens is 617 g/mol. The molecule has 0 spiro atoms. The quantitative estimate of drug-likeness (QED) is 0.165. The lowest BCUT2D eigenvalue weighted by Gasteiger charge is -2.18. The minimum absolute atomic E-state index is 1.26. The standard InChI is InChI=1S/C46H26S2/c1-2-10-28-23-30(18-17-27(28)9-1)44-33-12-3-5-14-35(33)45(36-15-6-4-13-34(36)44)31-20-22-42-39(25-31)40-24-29-19-21-37-32-11-7-8-16-41(32)48-46(37)38(29)26-43(40)47-42/h1-26H. The molecule has 11 aromatic rings. The number of hydrogen-bond donors (Lipinski definition) is 0. The molecule has 2 heteroatoms. The molecule has 0 aliphatic rings. The summed E-state index contributed by atoms with van der Waals surface area (Å²) in [5, 5.41) is 15.7. The fourth-order valence-corrected chi connectivity index (χ4v) is 10.4. The van der Waals surface area contributed by atoms with Gasteiger partial charge in [-0.05, 0) is 96.4 Å². The lowest BCUT2D eigenvalue weighted by molar-refractivity contribution is 1.69. The lowest BCUT2D eigenvalue weighted by atomic mass is 9.85. The molecule has 48 heavy (non-hydrogen) atoms. The maximum atomic E-state index is 2.45. The van der Waals surface area contributed by atoms with Crippen molar-refractivity contribution >= 4 is 106 Å². The Kier molecular flexibility index (Phi) is 5.51. The zero-order valence-corrected chi connectivity index (χ0v) is 27.5. The van der Waals surface area contributed by atoms with Crippen LogP contribution >= 0.6 is 22.7 Å². The van der Waals surface area contributed by atoms with Gasteiger partial charge < -0.3 is 0 Å². The maximum Gasteiger partial charge on any atom is 0.0434 e. The summed E-state index contributed by atoms with van der Waals surface area (Å²) in [7, 11) is 0. The number of hydrogen-bond acceptors (Lipinski definition) is 2. The molecule has 222 valence electrons. The number of benzene rings is 9. The van der Waals surface area contributed by atoms with Crippen molar-refractivity contribution in [1.29, 1.82) is 0 Å². The molecular formula is C46H26S2. The fraction of sp³-hybridized carbons (Fsp3) is 0. The highest BCUT2D eigenvalue weighted by Gasteiger charge is 2.18. The molecule has 0 radical (unpaired) electrons. The molecule has 0 amide bonds. The van der Waals surface area contributed by atoms with Crippen molar-refractivity contribution in [2.75, 3.05) is 0 Å². The zero-order valence-electron chi connectivity index (χ0n) is 25.8. The average Bonchev–Trinajstić information content (AvgIpc) is 3.70. The van der Waals surface area contributed by atoms with Crippen LogP contribution in [0, 0.1) is 0 Å². The summed E-state index contributed by atoms with van der Waals surface area (Å²) in [5.74, 6) is 0. The van der Waals surface area contributed by atoms with Crippen LogP contribution in [0.3, 0.4) is 0 Å². The Balaban J connectivity index is 1.17. The highest BCUT2D eigenvalue weighted by molar-refractivity contribution is 7.27. The van der Waals surface area contributed by atoms with Gasteiger partial charge in [0.2, 0.25) is 0 Å². The van der Waals surface area contributed by atoms with Crippen molar-refractivity contribution < 1.29 is 0 Å². The first-order valence-electron chi connectivity index (χ1n) is 16.4. The Labute approximate surface area is 284 Å². The smallest absolute Gasteiger partial charge is 0.0434 e. The lowest BCUT2D eigenvalue weighted by Crippen LogP contribution is -1.91. The first kappa shape index (κ1) is 26.5. The van der Waals surface area contributed by atoms with Gasteiger partial charge >= 0.3 is 0 Å². The highest BCUT2D eigenvalue weighted by Crippen LogP contribution is 2.47. The van der Waals surface area contributed by atoms with Crippen LogP contribution in [-0.2, 0) is 0 Å². The van der Waals surface area contributed by atoms with Crippen LogP contribution in [0.25, 0.3) is 106 Å². The van der Waals surface area contributed by atoms with E-state index >= 15 is 0 Å². The second-order valence-corrected chi connectivity index (χ2v) is 15.0. The van der Waals surface area contributed by atoms with Crippen LogP contribution in [0.4, 0.5) is 0 Å². The van der Waals surface area contributed by atoms with E-state index < -0.39 is 0 Å². The molecule has 9 aromatic carbocycles. The Hall–Kier alpha value is -5.54. The summed E-state index contributed by atoms with van der Waals surface area (Å²) >= 11 is 3.82. The SMILES string of the molecule is c1ccc2cc(-c3c4ccccc4c(-c4ccc5sc6cc7c(ccc8c9ccccc9sc78)cc6c5c4)c4ccccc34)ccc2c1. The monoisotopic (exact) mass is 642 g/mol. The normalized spacial score (nSPS) is 12.2. The average molecular weight is 643 g/mol. The van der Waals surface area contributed by atoms with Gasteiger partial charge in [0.1, 0.15) is 0 Å². The molecule has 0 saturated heterocycles. The van der Waals surface area contributed by atoms with E-state index in [0.717, 1.165) is 0 Å². The maximum absolute atomic E-state index is 2.45. The zero-order chi connectivity index (χ0) is 31.3. The van der Waals surface area contributed by atoms with Gasteiger partial charge in [0.05, 0.1) is 0 Å². The van der Waals surface area contributed by atoms with E-state index in [-0.39, 0.29) is 0 Å². The molecule has 0 aliphatic carbocycles. The third-order valence-corrected chi connectivity index (χ3v) is 12.6. The third-order valence-electron chi connectivity index (χ3n) is 10.2. The van der Waals surface area contributed by atoms with Crippen LogP contribution in [0.5, 0.6) is 0 Å².